The van der Waals surface area contributed by atoms with E-state index in [1.807, 2.05) is 32.0 Å². The van der Waals surface area contributed by atoms with Gasteiger partial charge in [0.15, 0.2) is 5.79 Å². The fraction of sp³-hybridized carbons (Fsp3) is 0.571. The van der Waals surface area contributed by atoms with Crippen LogP contribution in [0.1, 0.15) is 20.3 Å². The van der Waals surface area contributed by atoms with E-state index in [0.29, 0.717) is 6.61 Å². The van der Waals surface area contributed by atoms with Crippen LogP contribution in [0, 0.1) is 0 Å². The Hall–Kier alpha value is -0.550. The summed E-state index contributed by atoms with van der Waals surface area (Å²) in [6.45, 7) is 4.55. The summed E-state index contributed by atoms with van der Waals surface area (Å²) < 4.78 is 17.5. The molecule has 0 N–H and O–H groups in total. The molecule has 18 heavy (non-hydrogen) atoms. The van der Waals surface area contributed by atoms with Crippen LogP contribution in [0.2, 0.25) is 0 Å². The lowest BCUT2D eigenvalue weighted by Gasteiger charge is -2.29. The van der Waals surface area contributed by atoms with Gasteiger partial charge in [-0.3, -0.25) is 0 Å². The van der Waals surface area contributed by atoms with Crippen molar-refractivity contribution < 1.29 is 14.2 Å². The topological polar surface area (TPSA) is 27.7 Å². The molecule has 0 aromatic heterocycles. The summed E-state index contributed by atoms with van der Waals surface area (Å²) in [6, 6.07) is 10.3. The SMILES string of the molecule is CC1(C)OC2COC(Sc3ccccc3)CC2O1. The molecule has 3 unspecified atom stereocenters. The van der Waals surface area contributed by atoms with Gasteiger partial charge < -0.3 is 14.2 Å². The average molecular weight is 266 g/mol. The standard InChI is InChI=1S/C14H18O3S/c1-14(2)16-11-8-13(15-9-12(11)17-14)18-10-6-4-3-5-7-10/h3-7,11-13H,8-9H2,1-2H3. The zero-order chi connectivity index (χ0) is 12.6. The smallest absolute Gasteiger partial charge is 0.163 e. The zero-order valence-corrected chi connectivity index (χ0v) is 11.5. The fourth-order valence-electron chi connectivity index (χ4n) is 2.44. The number of benzene rings is 1. The van der Waals surface area contributed by atoms with Crippen LogP contribution in [0.4, 0.5) is 0 Å². The second-order valence-electron chi connectivity index (χ2n) is 5.14. The first kappa shape index (κ1) is 12.5. The van der Waals surface area contributed by atoms with E-state index in [2.05, 4.69) is 12.1 Å². The molecule has 2 fully saturated rings. The number of rotatable bonds is 2. The van der Waals surface area contributed by atoms with Crippen molar-refractivity contribution >= 4 is 11.8 Å². The lowest BCUT2D eigenvalue weighted by Crippen LogP contribution is -2.37. The molecule has 98 valence electrons. The lowest BCUT2D eigenvalue weighted by molar-refractivity contribution is -0.146. The highest BCUT2D eigenvalue weighted by atomic mass is 32.2. The quantitative estimate of drug-likeness (QED) is 0.822. The molecule has 0 radical (unpaired) electrons. The van der Waals surface area contributed by atoms with Crippen molar-refractivity contribution in [3.63, 3.8) is 0 Å². The van der Waals surface area contributed by atoms with Gasteiger partial charge >= 0.3 is 0 Å². The highest BCUT2D eigenvalue weighted by Gasteiger charge is 2.45. The van der Waals surface area contributed by atoms with Crippen molar-refractivity contribution in [2.75, 3.05) is 6.61 Å². The minimum atomic E-state index is -0.467. The van der Waals surface area contributed by atoms with E-state index >= 15 is 0 Å². The largest absolute Gasteiger partial charge is 0.364 e. The summed E-state index contributed by atoms with van der Waals surface area (Å²) in [4.78, 5) is 1.24. The Bertz CT molecular complexity index is 407. The highest BCUT2D eigenvalue weighted by molar-refractivity contribution is 7.99. The maximum atomic E-state index is 5.91. The second kappa shape index (κ2) is 4.85. The van der Waals surface area contributed by atoms with Gasteiger partial charge in [0.05, 0.1) is 12.7 Å². The summed E-state index contributed by atoms with van der Waals surface area (Å²) in [5.41, 5.74) is 0.158. The number of hydrogen-bond acceptors (Lipinski definition) is 4. The molecule has 2 heterocycles. The Morgan fingerprint density at radius 2 is 1.83 bits per heavy atom. The first-order valence-electron chi connectivity index (χ1n) is 6.31. The van der Waals surface area contributed by atoms with Crippen LogP contribution in [0.3, 0.4) is 0 Å². The van der Waals surface area contributed by atoms with Gasteiger partial charge in [-0.05, 0) is 26.0 Å². The predicted octanol–water partition coefficient (Wildman–Crippen LogP) is 3.05. The minimum absolute atomic E-state index is 0.0904. The summed E-state index contributed by atoms with van der Waals surface area (Å²) in [7, 11) is 0. The molecule has 0 spiro atoms. The van der Waals surface area contributed by atoms with E-state index < -0.39 is 5.79 Å². The molecule has 0 saturated carbocycles. The number of thioether (sulfide) groups is 1. The summed E-state index contributed by atoms with van der Waals surface area (Å²) in [5.74, 6) is -0.467. The molecule has 1 aromatic carbocycles. The number of ether oxygens (including phenoxy) is 3. The summed E-state index contributed by atoms with van der Waals surface area (Å²) in [5, 5.41) is 0. The third-order valence-electron chi connectivity index (χ3n) is 3.17. The van der Waals surface area contributed by atoms with E-state index in [-0.39, 0.29) is 17.6 Å². The van der Waals surface area contributed by atoms with E-state index in [9.17, 15) is 0 Å². The van der Waals surface area contributed by atoms with Crippen molar-refractivity contribution in [2.24, 2.45) is 0 Å². The molecule has 0 aliphatic carbocycles. The van der Waals surface area contributed by atoms with Gasteiger partial charge in [-0.2, -0.15) is 0 Å². The van der Waals surface area contributed by atoms with Crippen molar-refractivity contribution in [3.8, 4) is 0 Å². The average Bonchev–Trinajstić information content (AvgIpc) is 2.63. The van der Waals surface area contributed by atoms with Gasteiger partial charge in [-0.1, -0.05) is 30.0 Å². The van der Waals surface area contributed by atoms with Crippen LogP contribution in [0.15, 0.2) is 35.2 Å². The van der Waals surface area contributed by atoms with Crippen molar-refractivity contribution in [3.05, 3.63) is 30.3 Å². The maximum Gasteiger partial charge on any atom is 0.163 e. The number of hydrogen-bond donors (Lipinski definition) is 0. The molecule has 0 amide bonds. The van der Waals surface area contributed by atoms with E-state index in [0.717, 1.165) is 6.42 Å². The van der Waals surface area contributed by atoms with Crippen LogP contribution in [-0.2, 0) is 14.2 Å². The van der Waals surface area contributed by atoms with E-state index in [1.54, 1.807) is 11.8 Å². The van der Waals surface area contributed by atoms with Crippen molar-refractivity contribution in [1.29, 1.82) is 0 Å². The molecular weight excluding hydrogens is 248 g/mol. The first-order chi connectivity index (χ1) is 8.62. The van der Waals surface area contributed by atoms with Gasteiger partial charge in [-0.15, -0.1) is 0 Å². The molecule has 2 saturated heterocycles. The van der Waals surface area contributed by atoms with Gasteiger partial charge in [0, 0.05) is 11.3 Å². The Balaban J connectivity index is 1.61. The third kappa shape index (κ3) is 2.72. The number of fused-ring (bicyclic) bond motifs is 1. The first-order valence-corrected chi connectivity index (χ1v) is 7.19. The molecule has 1 aromatic rings. The van der Waals surface area contributed by atoms with Gasteiger partial charge in [0.2, 0.25) is 0 Å². The lowest BCUT2D eigenvalue weighted by atomic mass is 10.1. The van der Waals surface area contributed by atoms with Gasteiger partial charge in [0.1, 0.15) is 11.5 Å². The summed E-state index contributed by atoms with van der Waals surface area (Å²) in [6.07, 6.45) is 1.13. The monoisotopic (exact) mass is 266 g/mol. The second-order valence-corrected chi connectivity index (χ2v) is 6.37. The maximum absolute atomic E-state index is 5.91. The molecule has 3 nitrogen and oxygen atoms in total. The highest BCUT2D eigenvalue weighted by Crippen LogP contribution is 2.38. The van der Waals surface area contributed by atoms with Crippen LogP contribution >= 0.6 is 11.8 Å². The Morgan fingerprint density at radius 1 is 1.11 bits per heavy atom. The Labute approximate surface area is 112 Å². The molecule has 3 rings (SSSR count). The van der Waals surface area contributed by atoms with Gasteiger partial charge in [-0.25, -0.2) is 0 Å². The normalized spacial score (nSPS) is 34.2. The molecular formula is C14H18O3S. The molecule has 3 atom stereocenters. The van der Waals surface area contributed by atoms with Crippen molar-refractivity contribution in [2.45, 2.75) is 48.6 Å². The third-order valence-corrected chi connectivity index (χ3v) is 4.30. The predicted molar refractivity (Wildman–Crippen MR) is 70.5 cm³/mol. The Morgan fingerprint density at radius 3 is 2.61 bits per heavy atom. The molecule has 2 aliphatic heterocycles. The van der Waals surface area contributed by atoms with E-state index in [4.69, 9.17) is 14.2 Å². The van der Waals surface area contributed by atoms with Crippen molar-refractivity contribution in [1.82, 2.24) is 0 Å². The Kier molecular flexibility index (Phi) is 3.36. The minimum Gasteiger partial charge on any atom is -0.364 e. The van der Waals surface area contributed by atoms with Crippen LogP contribution < -0.4 is 0 Å². The zero-order valence-electron chi connectivity index (χ0n) is 10.7. The van der Waals surface area contributed by atoms with Crippen LogP contribution in [0.5, 0.6) is 0 Å². The van der Waals surface area contributed by atoms with Crippen LogP contribution in [0.25, 0.3) is 0 Å². The molecule has 2 aliphatic rings. The van der Waals surface area contributed by atoms with Crippen LogP contribution in [-0.4, -0.2) is 30.0 Å². The van der Waals surface area contributed by atoms with Gasteiger partial charge in [0.25, 0.3) is 0 Å². The summed E-state index contributed by atoms with van der Waals surface area (Å²) >= 11 is 1.76. The fourth-order valence-corrected chi connectivity index (χ4v) is 3.49. The molecule has 4 heteroatoms. The molecule has 0 bridgehead atoms. The van der Waals surface area contributed by atoms with E-state index in [1.165, 1.54) is 4.90 Å².